The molecule has 0 spiro atoms. The van der Waals surface area contributed by atoms with E-state index in [1.165, 1.54) is 12.1 Å². The monoisotopic (exact) mass is 369 g/mol. The summed E-state index contributed by atoms with van der Waals surface area (Å²) in [6.07, 6.45) is 0. The first-order valence-electron chi connectivity index (χ1n) is 7.74. The van der Waals surface area contributed by atoms with Crippen LogP contribution in [0.15, 0.2) is 42.5 Å². The van der Waals surface area contributed by atoms with Crippen LogP contribution in [-0.4, -0.2) is 26.1 Å². The first kappa shape index (κ1) is 19.1. The molecule has 0 heterocycles. The maximum Gasteiger partial charge on any atom is 0.387 e. The molecule has 0 aromatic heterocycles. The van der Waals surface area contributed by atoms with Gasteiger partial charge in [-0.3, -0.25) is 4.79 Å². The summed E-state index contributed by atoms with van der Waals surface area (Å²) < 4.78 is 28.6. The van der Waals surface area contributed by atoms with E-state index >= 15 is 0 Å². The number of anilines is 1. The Morgan fingerprint density at radius 2 is 1.92 bits per heavy atom. The quantitative estimate of drug-likeness (QED) is 0.788. The molecule has 0 radical (unpaired) electrons. The largest absolute Gasteiger partial charge is 0.435 e. The van der Waals surface area contributed by atoms with E-state index in [-0.39, 0.29) is 18.2 Å². The molecule has 25 heavy (non-hydrogen) atoms. The van der Waals surface area contributed by atoms with Gasteiger partial charge >= 0.3 is 6.61 Å². The van der Waals surface area contributed by atoms with Gasteiger partial charge in [-0.1, -0.05) is 17.7 Å². The van der Waals surface area contributed by atoms with Gasteiger partial charge in [0.05, 0.1) is 7.05 Å². The summed E-state index contributed by atoms with van der Waals surface area (Å²) in [5, 5.41) is 3.41. The molecule has 0 aliphatic heterocycles. The van der Waals surface area contributed by atoms with Gasteiger partial charge in [-0.05, 0) is 48.9 Å². The van der Waals surface area contributed by atoms with Crippen molar-refractivity contribution in [2.75, 3.05) is 18.9 Å². The van der Waals surface area contributed by atoms with E-state index < -0.39 is 6.61 Å². The molecule has 0 aliphatic rings. The third-order valence-corrected chi connectivity index (χ3v) is 3.98. The lowest BCUT2D eigenvalue weighted by molar-refractivity contribution is -0.885. The van der Waals surface area contributed by atoms with E-state index in [2.05, 4.69) is 10.1 Å². The van der Waals surface area contributed by atoms with Crippen LogP contribution in [0, 0.1) is 6.92 Å². The van der Waals surface area contributed by atoms with Gasteiger partial charge in [0.25, 0.3) is 5.91 Å². The SMILES string of the molecule is Cc1ccc(NC(=O)C[NH+](C)Cc2ccc(OC(F)F)cc2)cc1Cl. The molecule has 2 N–H and O–H groups in total. The highest BCUT2D eigenvalue weighted by Gasteiger charge is 2.12. The molecule has 0 fully saturated rings. The summed E-state index contributed by atoms with van der Waals surface area (Å²) in [4.78, 5) is 13.1. The van der Waals surface area contributed by atoms with Crippen LogP contribution in [0.3, 0.4) is 0 Å². The minimum Gasteiger partial charge on any atom is -0.435 e. The van der Waals surface area contributed by atoms with Gasteiger partial charge in [0.2, 0.25) is 0 Å². The van der Waals surface area contributed by atoms with Gasteiger partial charge in [-0.25, -0.2) is 0 Å². The predicted octanol–water partition coefficient (Wildman–Crippen LogP) is 2.90. The number of hydrogen-bond donors (Lipinski definition) is 2. The molecule has 1 atom stereocenters. The molecule has 1 amide bonds. The number of amides is 1. The maximum absolute atomic E-state index is 12.1. The first-order chi connectivity index (χ1) is 11.8. The molecular weight excluding hydrogens is 350 g/mol. The molecule has 0 aliphatic carbocycles. The number of carbonyl (C=O) groups is 1. The fourth-order valence-electron chi connectivity index (χ4n) is 2.35. The molecule has 0 saturated heterocycles. The van der Waals surface area contributed by atoms with Crippen molar-refractivity contribution in [1.82, 2.24) is 0 Å². The number of quaternary nitrogens is 1. The van der Waals surface area contributed by atoms with Gasteiger partial charge in [0.1, 0.15) is 12.3 Å². The van der Waals surface area contributed by atoms with Crippen LogP contribution in [0.5, 0.6) is 5.75 Å². The number of ether oxygens (including phenoxy) is 1. The van der Waals surface area contributed by atoms with Crippen LogP contribution in [0.1, 0.15) is 11.1 Å². The number of aryl methyl sites for hydroxylation is 1. The highest BCUT2D eigenvalue weighted by atomic mass is 35.5. The summed E-state index contributed by atoms with van der Waals surface area (Å²) in [7, 11) is 1.88. The number of halogens is 3. The Labute approximate surface area is 150 Å². The topological polar surface area (TPSA) is 42.8 Å². The van der Waals surface area contributed by atoms with Crippen LogP contribution in [0.25, 0.3) is 0 Å². The second kappa shape index (κ2) is 8.78. The number of benzene rings is 2. The van der Waals surface area contributed by atoms with E-state index in [0.717, 1.165) is 16.0 Å². The number of alkyl halides is 2. The van der Waals surface area contributed by atoms with Crippen molar-refractivity contribution in [3.05, 3.63) is 58.6 Å². The zero-order chi connectivity index (χ0) is 18.4. The van der Waals surface area contributed by atoms with Crippen molar-refractivity contribution >= 4 is 23.2 Å². The third-order valence-electron chi connectivity index (χ3n) is 3.57. The summed E-state index contributed by atoms with van der Waals surface area (Å²) in [6.45, 7) is -0.0977. The van der Waals surface area contributed by atoms with Crippen molar-refractivity contribution < 1.29 is 23.2 Å². The fourth-order valence-corrected chi connectivity index (χ4v) is 2.53. The molecule has 2 aromatic carbocycles. The van der Waals surface area contributed by atoms with Crippen LogP contribution >= 0.6 is 11.6 Å². The summed E-state index contributed by atoms with van der Waals surface area (Å²) in [5.41, 5.74) is 2.52. The van der Waals surface area contributed by atoms with Gasteiger partial charge in [0.15, 0.2) is 6.54 Å². The van der Waals surface area contributed by atoms with E-state index in [1.807, 2.05) is 20.0 Å². The zero-order valence-electron chi connectivity index (χ0n) is 14.0. The van der Waals surface area contributed by atoms with Crippen LogP contribution in [0.4, 0.5) is 14.5 Å². The standard InChI is InChI=1S/C18H19ClF2N2O2/c1-12-3-6-14(9-16(12)19)22-17(24)11-23(2)10-13-4-7-15(8-5-13)25-18(20)21/h3-9,18H,10-11H2,1-2H3,(H,22,24)/p+1. The van der Waals surface area contributed by atoms with Crippen LogP contribution in [0.2, 0.25) is 5.02 Å². The number of carbonyl (C=O) groups excluding carboxylic acids is 1. The van der Waals surface area contributed by atoms with Crippen molar-refractivity contribution in [1.29, 1.82) is 0 Å². The second-order valence-electron chi connectivity index (χ2n) is 5.85. The minimum atomic E-state index is -2.84. The number of nitrogens with one attached hydrogen (secondary N) is 2. The summed E-state index contributed by atoms with van der Waals surface area (Å²) >= 11 is 6.04. The Morgan fingerprint density at radius 1 is 1.24 bits per heavy atom. The minimum absolute atomic E-state index is 0.116. The summed E-state index contributed by atoms with van der Waals surface area (Å²) in [6, 6.07) is 11.8. The van der Waals surface area contributed by atoms with E-state index in [0.29, 0.717) is 17.3 Å². The van der Waals surface area contributed by atoms with Gasteiger partial charge < -0.3 is 15.0 Å². The fraction of sp³-hybridized carbons (Fsp3) is 0.278. The van der Waals surface area contributed by atoms with Crippen molar-refractivity contribution in [2.45, 2.75) is 20.1 Å². The Bertz CT molecular complexity index is 724. The Balaban J connectivity index is 1.85. The molecule has 2 aromatic rings. The van der Waals surface area contributed by atoms with E-state index in [9.17, 15) is 13.6 Å². The molecular formula is C18H20ClF2N2O2+. The lowest BCUT2D eigenvalue weighted by Gasteiger charge is -2.14. The van der Waals surface area contributed by atoms with E-state index in [1.54, 1.807) is 24.3 Å². The lowest BCUT2D eigenvalue weighted by Crippen LogP contribution is -3.08. The van der Waals surface area contributed by atoms with Crippen LogP contribution < -0.4 is 15.0 Å². The molecule has 1 unspecified atom stereocenters. The Morgan fingerprint density at radius 3 is 2.52 bits per heavy atom. The third kappa shape index (κ3) is 6.32. The number of hydrogen-bond acceptors (Lipinski definition) is 2. The van der Waals surface area contributed by atoms with Crippen molar-refractivity contribution in [3.63, 3.8) is 0 Å². The van der Waals surface area contributed by atoms with Gasteiger partial charge in [-0.15, -0.1) is 0 Å². The van der Waals surface area contributed by atoms with E-state index in [4.69, 9.17) is 11.6 Å². The van der Waals surface area contributed by atoms with Crippen molar-refractivity contribution in [3.8, 4) is 5.75 Å². The average molecular weight is 370 g/mol. The second-order valence-corrected chi connectivity index (χ2v) is 6.25. The summed E-state index contributed by atoms with van der Waals surface area (Å²) in [5.74, 6) is -0.0135. The molecule has 0 saturated carbocycles. The average Bonchev–Trinajstić information content (AvgIpc) is 2.52. The highest BCUT2D eigenvalue weighted by molar-refractivity contribution is 6.31. The Hall–Kier alpha value is -2.18. The van der Waals surface area contributed by atoms with Gasteiger partial charge in [0, 0.05) is 16.3 Å². The predicted molar refractivity (Wildman–Crippen MR) is 93.4 cm³/mol. The molecule has 4 nitrogen and oxygen atoms in total. The molecule has 7 heteroatoms. The number of likely N-dealkylation sites (N-methyl/N-ethyl adjacent to an activating group) is 1. The molecule has 134 valence electrons. The highest BCUT2D eigenvalue weighted by Crippen LogP contribution is 2.19. The maximum atomic E-state index is 12.1. The molecule has 2 rings (SSSR count). The normalized spacial score (nSPS) is 12.1. The Kier molecular flexibility index (Phi) is 6.73. The smallest absolute Gasteiger partial charge is 0.387 e. The molecule has 0 bridgehead atoms. The first-order valence-corrected chi connectivity index (χ1v) is 8.12. The zero-order valence-corrected chi connectivity index (χ0v) is 14.7. The van der Waals surface area contributed by atoms with Gasteiger partial charge in [-0.2, -0.15) is 8.78 Å². The van der Waals surface area contributed by atoms with Crippen LogP contribution in [-0.2, 0) is 11.3 Å². The van der Waals surface area contributed by atoms with Crippen molar-refractivity contribution in [2.24, 2.45) is 0 Å². The number of rotatable bonds is 7. The lowest BCUT2D eigenvalue weighted by atomic mass is 10.2.